The second-order valence-corrected chi connectivity index (χ2v) is 23.6. The Morgan fingerprint density at radius 3 is 1.70 bits per heavy atom. The third kappa shape index (κ3) is 10.2. The van der Waals surface area contributed by atoms with Crippen molar-refractivity contribution in [1.29, 1.82) is 5.26 Å². The number of nitrogens with zero attached hydrogens (tertiary/aromatic N) is 6. The molecule has 1 aliphatic carbocycles. The van der Waals surface area contributed by atoms with Gasteiger partial charge in [0.1, 0.15) is 27.4 Å². The molecule has 7 aromatic carbocycles. The zero-order chi connectivity index (χ0) is 53.9. The highest BCUT2D eigenvalue weighted by Gasteiger charge is 2.39. The van der Waals surface area contributed by atoms with Crippen molar-refractivity contribution in [2.45, 2.75) is 50.9 Å². The van der Waals surface area contributed by atoms with Gasteiger partial charge in [-0.3, -0.25) is 4.55 Å². The van der Waals surface area contributed by atoms with Gasteiger partial charge in [0.15, 0.2) is 0 Å². The number of aromatic nitrogens is 4. The molecule has 4 aromatic heterocycles. The molecule has 10 nitrogen and oxygen atoms in total. The van der Waals surface area contributed by atoms with E-state index in [0.717, 1.165) is 102 Å². The van der Waals surface area contributed by atoms with Crippen molar-refractivity contribution in [3.05, 3.63) is 232 Å². The lowest BCUT2D eigenvalue weighted by Gasteiger charge is -2.29. The summed E-state index contributed by atoms with van der Waals surface area (Å²) in [6, 6.07) is 68.9. The second kappa shape index (κ2) is 22.6. The average Bonchev–Trinajstić information content (AvgIpc) is 3.08. The van der Waals surface area contributed by atoms with Crippen molar-refractivity contribution in [1.82, 2.24) is 18.9 Å². The van der Waals surface area contributed by atoms with E-state index in [0.29, 0.717) is 44.2 Å². The van der Waals surface area contributed by atoms with Crippen LogP contribution in [0.5, 0.6) is 5.75 Å². The van der Waals surface area contributed by atoms with Crippen LogP contribution in [0, 0.1) is 17.9 Å². The van der Waals surface area contributed by atoms with Crippen LogP contribution >= 0.6 is 22.7 Å². The van der Waals surface area contributed by atoms with Gasteiger partial charge in [-0.25, -0.2) is 14.8 Å². The molecule has 1 N–H and O–H groups in total. The van der Waals surface area contributed by atoms with Gasteiger partial charge in [0.2, 0.25) is 5.70 Å². The van der Waals surface area contributed by atoms with Gasteiger partial charge in [0.25, 0.3) is 10.1 Å². The molecule has 1 fully saturated rings. The van der Waals surface area contributed by atoms with Gasteiger partial charge >= 0.3 is 13.7 Å². The van der Waals surface area contributed by atoms with Gasteiger partial charge in [0, 0.05) is 33.1 Å². The number of thiazole rings is 2. The van der Waals surface area contributed by atoms with E-state index in [2.05, 4.69) is 135 Å². The molecule has 0 spiro atoms. The molecule has 386 valence electrons. The molecule has 4 heterocycles. The van der Waals surface area contributed by atoms with Crippen molar-refractivity contribution in [2.24, 2.45) is 0 Å². The Labute approximate surface area is 468 Å². The summed E-state index contributed by atoms with van der Waals surface area (Å²) in [7, 11) is -4.14. The van der Waals surface area contributed by atoms with Crippen molar-refractivity contribution >= 4 is 111 Å². The van der Waals surface area contributed by atoms with Gasteiger partial charge in [0.05, 0.1) is 44.7 Å². The molecule has 1 saturated carbocycles. The van der Waals surface area contributed by atoms with E-state index in [1.807, 2.05) is 78.9 Å². The fourth-order valence-corrected chi connectivity index (χ4v) is 14.2. The molecule has 0 amide bonds. The minimum Gasteiger partial charge on any atom is -0.494 e. The molecule has 0 saturated heterocycles. The Balaban J connectivity index is 1.36. The summed E-state index contributed by atoms with van der Waals surface area (Å²) in [5.41, 5.74) is 9.09. The topological polar surface area (TPSA) is 127 Å². The lowest BCUT2D eigenvalue weighted by molar-refractivity contribution is 0.309. The number of unbranched alkanes of at least 4 members (excludes halogenated alkanes) is 1. The standard InChI is InChI=1S/C64H52B2N6O4S3/c1-68-58(64-70-53-37-18-20-39-55(53)78-64)62-57-56(60(45-26-23-35-50(42-45)76-40-21-22-41-79(73,74)75)72(62)66(48-31-13-5-14-32-48)49-33-15-6-16-34-49)61(51(43-67)63-69-52-36-17-19-38-54(52)77-63)71(59(57)44-24-7-2-8-25-44)65(46-27-9-3-10-28-46)47-29-11-4-12-30-47/h3-6,9-20,23,26-39,42,44H,2,7-8,21-22,24-25,40-41H2,(H,73,74,75)/b61-51-,62-58+. The van der Waals surface area contributed by atoms with Crippen molar-refractivity contribution in [3.8, 4) is 23.1 Å². The minimum absolute atomic E-state index is 0.00402. The maximum Gasteiger partial charge on any atom is 0.327 e. The summed E-state index contributed by atoms with van der Waals surface area (Å²) in [4.78, 5) is 15.3. The average molecular weight is 1090 g/mol. The molecule has 12 rings (SSSR count). The van der Waals surface area contributed by atoms with E-state index in [1.54, 1.807) is 0 Å². The number of rotatable bonds is 16. The fraction of sp³-hybridized carbons (Fsp3) is 0.156. The lowest BCUT2D eigenvalue weighted by atomic mass is 9.49. The molecular formula is C64H52B2N6O4S3. The van der Waals surface area contributed by atoms with E-state index < -0.39 is 23.8 Å². The number of hydrogen-bond acceptors (Lipinski definition) is 8. The summed E-state index contributed by atoms with van der Waals surface area (Å²) in [6.45, 7) is 8.81. The van der Waals surface area contributed by atoms with Crippen LogP contribution in [0.3, 0.4) is 0 Å². The molecule has 15 heteroatoms. The van der Waals surface area contributed by atoms with Gasteiger partial charge in [-0.15, -0.1) is 22.7 Å². The molecular weight excluding hydrogens is 1030 g/mol. The predicted octanol–water partition coefficient (Wildman–Crippen LogP) is 10.5. The van der Waals surface area contributed by atoms with E-state index >= 15 is 0 Å². The number of benzene rings is 7. The largest absolute Gasteiger partial charge is 0.494 e. The van der Waals surface area contributed by atoms with Crippen LogP contribution in [0.2, 0.25) is 0 Å². The number of nitriles is 1. The summed E-state index contributed by atoms with van der Waals surface area (Å²) < 4.78 is 46.2. The van der Waals surface area contributed by atoms with Gasteiger partial charge in [-0.2, -0.15) is 13.7 Å². The van der Waals surface area contributed by atoms with Crippen LogP contribution in [-0.4, -0.2) is 57.9 Å². The van der Waals surface area contributed by atoms with Crippen molar-refractivity contribution < 1.29 is 17.7 Å². The van der Waals surface area contributed by atoms with Crippen LogP contribution in [0.25, 0.3) is 58.6 Å². The van der Waals surface area contributed by atoms with Gasteiger partial charge in [-0.1, -0.05) is 199 Å². The molecule has 79 heavy (non-hydrogen) atoms. The Morgan fingerprint density at radius 1 is 0.646 bits per heavy atom. The highest BCUT2D eigenvalue weighted by Crippen LogP contribution is 2.41. The lowest BCUT2D eigenvalue weighted by Crippen LogP contribution is -2.55. The monoisotopic (exact) mass is 1090 g/mol. The molecule has 0 aliphatic heterocycles. The maximum absolute atomic E-state index is 12.3. The molecule has 1 aliphatic rings. The van der Waals surface area contributed by atoms with Gasteiger partial charge in [-0.05, 0) is 68.0 Å². The molecule has 11 aromatic rings. The number of para-hydroxylation sites is 2. The summed E-state index contributed by atoms with van der Waals surface area (Å²) in [5, 5.41) is 16.5. The van der Waals surface area contributed by atoms with Crippen molar-refractivity contribution in [3.63, 3.8) is 0 Å². The summed E-state index contributed by atoms with van der Waals surface area (Å²) >= 11 is 3.01. The number of ether oxygens (including phenoxy) is 1. The normalized spacial score (nSPS) is 13.8. The maximum atomic E-state index is 12.3. The van der Waals surface area contributed by atoms with E-state index in [-0.39, 0.29) is 24.7 Å². The first-order chi connectivity index (χ1) is 38.8. The summed E-state index contributed by atoms with van der Waals surface area (Å²) in [5.74, 6) is 0.199. The Hall–Kier alpha value is -8.30. The predicted molar refractivity (Wildman–Crippen MR) is 325 cm³/mol. The zero-order valence-electron chi connectivity index (χ0n) is 43.2. The van der Waals surface area contributed by atoms with Crippen LogP contribution in [0.1, 0.15) is 66.6 Å². The Kier molecular flexibility index (Phi) is 14.7. The van der Waals surface area contributed by atoms with E-state index in [4.69, 9.17) is 14.7 Å². The first kappa shape index (κ1) is 51.5. The van der Waals surface area contributed by atoms with Crippen LogP contribution in [0.4, 0.5) is 0 Å². The molecule has 0 bridgehead atoms. The molecule has 0 atom stereocenters. The molecule has 0 radical (unpaired) electrons. The zero-order valence-corrected chi connectivity index (χ0v) is 45.6. The summed E-state index contributed by atoms with van der Waals surface area (Å²) in [6.07, 6.45) is 5.55. The second-order valence-electron chi connectivity index (χ2n) is 20.0. The molecule has 0 unspecified atom stereocenters. The highest BCUT2D eigenvalue weighted by molar-refractivity contribution is 7.85. The van der Waals surface area contributed by atoms with E-state index in [9.17, 15) is 24.8 Å². The Morgan fingerprint density at radius 2 is 1.16 bits per heavy atom. The number of hydrogen-bond donors (Lipinski definition) is 1. The first-order valence-corrected chi connectivity index (χ1v) is 30.0. The third-order valence-electron chi connectivity index (χ3n) is 15.0. The fourth-order valence-electron chi connectivity index (χ4n) is 11.7. The SMILES string of the molecule is [C-]#[N+]/C(c1nc2ccccc2s1)=c1\c2c(C3CCCCC3)n(B(c3ccccc3)c3ccccc3)/c(=C(/C#N)c3nc4ccccc4s3)c2c(-c2cccc(OCCCCS(=O)(=O)O)c2)n1B(c1ccccc1)c1ccccc1. The van der Waals surface area contributed by atoms with Gasteiger partial charge < -0.3 is 13.7 Å². The van der Waals surface area contributed by atoms with Crippen molar-refractivity contribution in [2.75, 3.05) is 12.4 Å². The van der Waals surface area contributed by atoms with Crippen LogP contribution in [-0.2, 0) is 10.1 Å². The smallest absolute Gasteiger partial charge is 0.327 e. The van der Waals surface area contributed by atoms with Crippen LogP contribution < -0.4 is 37.3 Å². The first-order valence-electron chi connectivity index (χ1n) is 26.7. The number of fused-ring (bicyclic) bond motifs is 3. The highest BCUT2D eigenvalue weighted by atomic mass is 32.2. The quantitative estimate of drug-likeness (QED) is 0.0442. The van der Waals surface area contributed by atoms with E-state index in [1.165, 1.54) is 22.7 Å². The Bertz CT molecular complexity index is 4110. The van der Waals surface area contributed by atoms with Crippen LogP contribution in [0.15, 0.2) is 194 Å². The third-order valence-corrected chi connectivity index (χ3v) is 17.9. The minimum atomic E-state index is -4.14.